The molecular weight excluding hydrogens is 324 g/mol. The van der Waals surface area contributed by atoms with E-state index in [1.165, 1.54) is 17.5 Å². The quantitative estimate of drug-likeness (QED) is 0.714. The van der Waals surface area contributed by atoms with Crippen molar-refractivity contribution in [1.82, 2.24) is 15.3 Å². The van der Waals surface area contributed by atoms with E-state index in [0.717, 1.165) is 12.2 Å². The summed E-state index contributed by atoms with van der Waals surface area (Å²) in [6.07, 6.45) is 2.22. The van der Waals surface area contributed by atoms with Crippen molar-refractivity contribution in [2.75, 3.05) is 18.5 Å². The number of nitrogens with one attached hydrogen (secondary N) is 1. The van der Waals surface area contributed by atoms with Crippen LogP contribution in [0.2, 0.25) is 0 Å². The lowest BCUT2D eigenvalue weighted by molar-refractivity contribution is 0.0949. The molecule has 0 saturated heterocycles. The molecule has 0 spiro atoms. The van der Waals surface area contributed by atoms with Gasteiger partial charge in [-0.15, -0.1) is 0 Å². The first-order chi connectivity index (χ1) is 12.7. The van der Waals surface area contributed by atoms with Gasteiger partial charge in [0.2, 0.25) is 0 Å². The maximum atomic E-state index is 12.3. The molecule has 0 saturated carbocycles. The van der Waals surface area contributed by atoms with Crippen molar-refractivity contribution in [2.24, 2.45) is 0 Å². The van der Waals surface area contributed by atoms with Gasteiger partial charge in [0.1, 0.15) is 17.8 Å². The smallest absolute Gasteiger partial charge is 0.270 e. The summed E-state index contributed by atoms with van der Waals surface area (Å²) in [6, 6.07) is 21.9. The topological polar surface area (TPSA) is 58.1 Å². The van der Waals surface area contributed by atoms with Gasteiger partial charge in [-0.2, -0.15) is 0 Å². The third-order valence-electron chi connectivity index (χ3n) is 4.08. The molecule has 0 aliphatic rings. The molecule has 5 nitrogen and oxygen atoms in total. The lowest BCUT2D eigenvalue weighted by Crippen LogP contribution is -2.27. The number of benzene rings is 2. The summed E-state index contributed by atoms with van der Waals surface area (Å²) in [5.74, 6) is 0.537. The van der Waals surface area contributed by atoms with Crippen LogP contribution in [-0.4, -0.2) is 29.5 Å². The van der Waals surface area contributed by atoms with Crippen LogP contribution in [0.15, 0.2) is 73.1 Å². The van der Waals surface area contributed by atoms with Crippen molar-refractivity contribution in [1.29, 1.82) is 0 Å². The zero-order chi connectivity index (χ0) is 18.2. The second-order valence-corrected chi connectivity index (χ2v) is 6.09. The maximum Gasteiger partial charge on any atom is 0.270 e. The number of nitrogens with zero attached hydrogens (tertiary/aromatic N) is 3. The minimum absolute atomic E-state index is 0.183. The van der Waals surface area contributed by atoms with Crippen molar-refractivity contribution in [3.63, 3.8) is 0 Å². The highest BCUT2D eigenvalue weighted by Gasteiger charge is 2.11. The van der Waals surface area contributed by atoms with Gasteiger partial charge in [0.05, 0.1) is 0 Å². The Morgan fingerprint density at radius 2 is 1.62 bits per heavy atom. The molecule has 1 heterocycles. The molecule has 2 aromatic carbocycles. The van der Waals surface area contributed by atoms with Gasteiger partial charge in [-0.3, -0.25) is 4.79 Å². The summed E-state index contributed by atoms with van der Waals surface area (Å²) in [4.78, 5) is 22.7. The fourth-order valence-electron chi connectivity index (χ4n) is 2.67. The summed E-state index contributed by atoms with van der Waals surface area (Å²) < 4.78 is 0. The summed E-state index contributed by atoms with van der Waals surface area (Å²) in [5.41, 5.74) is 2.75. The Balaban J connectivity index is 1.58. The van der Waals surface area contributed by atoms with E-state index in [0.29, 0.717) is 18.8 Å². The number of hydrogen-bond acceptors (Lipinski definition) is 4. The molecule has 0 fully saturated rings. The van der Waals surface area contributed by atoms with Crippen molar-refractivity contribution in [3.8, 4) is 0 Å². The Kier molecular flexibility index (Phi) is 5.93. The monoisotopic (exact) mass is 346 g/mol. The summed E-state index contributed by atoms with van der Waals surface area (Å²) in [7, 11) is 1.95. The van der Waals surface area contributed by atoms with E-state index in [2.05, 4.69) is 27.4 Å². The Morgan fingerprint density at radius 3 is 2.31 bits per heavy atom. The normalized spacial score (nSPS) is 10.3. The lowest BCUT2D eigenvalue weighted by Gasteiger charge is -2.18. The Labute approximate surface area is 153 Å². The molecular formula is C21H22N4O. The lowest BCUT2D eigenvalue weighted by atomic mass is 10.1. The summed E-state index contributed by atoms with van der Waals surface area (Å²) >= 11 is 0. The largest absolute Gasteiger partial charge is 0.355 e. The first kappa shape index (κ1) is 17.6. The minimum atomic E-state index is -0.183. The van der Waals surface area contributed by atoms with Gasteiger partial charge in [0.25, 0.3) is 5.91 Å². The molecule has 0 bridgehead atoms. The molecule has 3 aromatic rings. The molecule has 0 unspecified atom stereocenters. The predicted molar refractivity (Wildman–Crippen MR) is 103 cm³/mol. The van der Waals surface area contributed by atoms with E-state index >= 15 is 0 Å². The van der Waals surface area contributed by atoms with Crippen LogP contribution < -0.4 is 10.2 Å². The molecule has 0 aliphatic carbocycles. The van der Waals surface area contributed by atoms with E-state index in [-0.39, 0.29) is 5.91 Å². The SMILES string of the molecule is CN(Cc1ccccc1)c1cc(C(=O)NCCc2ccccc2)ncn1. The van der Waals surface area contributed by atoms with Crippen LogP contribution in [0.3, 0.4) is 0 Å². The van der Waals surface area contributed by atoms with Crippen molar-refractivity contribution < 1.29 is 4.79 Å². The molecule has 5 heteroatoms. The number of amides is 1. The van der Waals surface area contributed by atoms with Crippen LogP contribution >= 0.6 is 0 Å². The van der Waals surface area contributed by atoms with Crippen molar-refractivity contribution in [3.05, 3.63) is 89.9 Å². The van der Waals surface area contributed by atoms with Crippen LogP contribution in [0.1, 0.15) is 21.6 Å². The zero-order valence-electron chi connectivity index (χ0n) is 14.8. The zero-order valence-corrected chi connectivity index (χ0v) is 14.8. The highest BCUT2D eigenvalue weighted by atomic mass is 16.1. The van der Waals surface area contributed by atoms with Crippen LogP contribution in [0.25, 0.3) is 0 Å². The van der Waals surface area contributed by atoms with E-state index in [1.54, 1.807) is 6.07 Å². The average Bonchev–Trinajstić information content (AvgIpc) is 2.69. The number of carbonyl (C=O) groups excluding carboxylic acids is 1. The molecule has 1 aromatic heterocycles. The first-order valence-electron chi connectivity index (χ1n) is 8.61. The third kappa shape index (κ3) is 4.89. The average molecular weight is 346 g/mol. The van der Waals surface area contributed by atoms with Gasteiger partial charge in [-0.1, -0.05) is 60.7 Å². The molecule has 1 N–H and O–H groups in total. The van der Waals surface area contributed by atoms with E-state index in [9.17, 15) is 4.79 Å². The fraction of sp³-hybridized carbons (Fsp3) is 0.190. The number of rotatable bonds is 7. The Bertz CT molecular complexity index is 837. The Morgan fingerprint density at radius 1 is 0.962 bits per heavy atom. The standard InChI is InChI=1S/C21H22N4O/c1-25(15-18-10-6-3-7-11-18)20-14-19(23-16-24-20)21(26)22-13-12-17-8-4-2-5-9-17/h2-11,14,16H,12-13,15H2,1H3,(H,22,26). The fourth-order valence-corrected chi connectivity index (χ4v) is 2.67. The predicted octanol–water partition coefficient (Wildman–Crippen LogP) is 3.09. The number of carbonyl (C=O) groups is 1. The number of anilines is 1. The van der Waals surface area contributed by atoms with E-state index in [4.69, 9.17) is 0 Å². The second-order valence-electron chi connectivity index (χ2n) is 6.09. The molecule has 0 atom stereocenters. The third-order valence-corrected chi connectivity index (χ3v) is 4.08. The minimum Gasteiger partial charge on any atom is -0.355 e. The van der Waals surface area contributed by atoms with Gasteiger partial charge in [0.15, 0.2) is 0 Å². The molecule has 0 aliphatic heterocycles. The maximum absolute atomic E-state index is 12.3. The Hall–Kier alpha value is -3.21. The summed E-state index contributed by atoms with van der Waals surface area (Å²) in [6.45, 7) is 1.29. The van der Waals surface area contributed by atoms with Gasteiger partial charge < -0.3 is 10.2 Å². The van der Waals surface area contributed by atoms with Gasteiger partial charge in [0, 0.05) is 26.2 Å². The van der Waals surface area contributed by atoms with Crippen LogP contribution in [0.5, 0.6) is 0 Å². The van der Waals surface area contributed by atoms with Gasteiger partial charge >= 0.3 is 0 Å². The molecule has 3 rings (SSSR count). The highest BCUT2D eigenvalue weighted by molar-refractivity contribution is 5.92. The van der Waals surface area contributed by atoms with Crippen molar-refractivity contribution >= 4 is 11.7 Å². The molecule has 132 valence electrons. The second kappa shape index (κ2) is 8.76. The number of hydrogen-bond donors (Lipinski definition) is 1. The van der Waals surface area contributed by atoms with Gasteiger partial charge in [-0.05, 0) is 17.5 Å². The van der Waals surface area contributed by atoms with E-state index in [1.807, 2.05) is 60.5 Å². The molecule has 26 heavy (non-hydrogen) atoms. The first-order valence-corrected chi connectivity index (χ1v) is 8.61. The number of aromatic nitrogens is 2. The van der Waals surface area contributed by atoms with Crippen LogP contribution in [0.4, 0.5) is 5.82 Å². The highest BCUT2D eigenvalue weighted by Crippen LogP contribution is 2.13. The van der Waals surface area contributed by atoms with Gasteiger partial charge in [-0.25, -0.2) is 9.97 Å². The molecule has 0 radical (unpaired) electrons. The van der Waals surface area contributed by atoms with E-state index < -0.39 is 0 Å². The van der Waals surface area contributed by atoms with Crippen molar-refractivity contribution in [2.45, 2.75) is 13.0 Å². The van der Waals surface area contributed by atoms with Crippen LogP contribution in [-0.2, 0) is 13.0 Å². The summed E-state index contributed by atoms with van der Waals surface area (Å²) in [5, 5.41) is 2.92. The van der Waals surface area contributed by atoms with Crippen LogP contribution in [0, 0.1) is 0 Å². The molecule has 1 amide bonds.